The van der Waals surface area contributed by atoms with Gasteiger partial charge in [-0.3, -0.25) is 4.79 Å². The number of hydrogen-bond donors (Lipinski definition) is 3. The number of para-hydroxylation sites is 2. The van der Waals surface area contributed by atoms with Crippen LogP contribution in [-0.4, -0.2) is 90.6 Å². The summed E-state index contributed by atoms with van der Waals surface area (Å²) in [6, 6.07) is 18.3. The second-order valence-corrected chi connectivity index (χ2v) is 20.2. The van der Waals surface area contributed by atoms with Crippen LogP contribution in [-0.2, 0) is 14.3 Å². The molecule has 4 aliphatic carbocycles. The summed E-state index contributed by atoms with van der Waals surface area (Å²) in [7, 11) is 0. The van der Waals surface area contributed by atoms with Gasteiger partial charge in [0.15, 0.2) is 0 Å². The number of ether oxygens (including phenoxy) is 4. The van der Waals surface area contributed by atoms with Crippen molar-refractivity contribution in [1.82, 2.24) is 20.9 Å². The maximum Gasteiger partial charge on any atom is 0.407 e. The number of hydrogen-bond acceptors (Lipinski definition) is 9. The third kappa shape index (κ3) is 16.4. The zero-order chi connectivity index (χ0) is 43.4. The van der Waals surface area contributed by atoms with Gasteiger partial charge < -0.3 is 39.8 Å². The molecular weight excluding hydrogens is 769 g/mol. The van der Waals surface area contributed by atoms with E-state index < -0.39 is 11.2 Å². The molecule has 2 aromatic carbocycles. The summed E-state index contributed by atoms with van der Waals surface area (Å²) < 4.78 is 22.7. The first-order valence-corrected chi connectivity index (χ1v) is 23.6. The first-order valence-electron chi connectivity index (χ1n) is 23.6. The first-order chi connectivity index (χ1) is 29.2. The monoisotopic (exact) mass is 845 g/mol. The molecule has 0 radical (unpaired) electrons. The van der Waals surface area contributed by atoms with E-state index in [4.69, 9.17) is 18.9 Å². The molecule has 2 saturated heterocycles. The lowest BCUT2D eigenvalue weighted by atomic mass is 9.85. The average molecular weight is 845 g/mol. The maximum absolute atomic E-state index is 12.0. The van der Waals surface area contributed by atoms with Gasteiger partial charge in [-0.05, 0) is 193 Å². The number of rotatable bonds is 9. The molecule has 0 unspecified atom stereocenters. The lowest BCUT2D eigenvalue weighted by molar-refractivity contribution is -0.120. The summed E-state index contributed by atoms with van der Waals surface area (Å²) in [6.45, 7) is 15.8. The van der Waals surface area contributed by atoms with Crippen LogP contribution < -0.4 is 25.4 Å². The van der Waals surface area contributed by atoms with E-state index in [1.807, 2.05) is 41.5 Å². The van der Waals surface area contributed by atoms with Crippen LogP contribution >= 0.6 is 0 Å². The van der Waals surface area contributed by atoms with Crippen molar-refractivity contribution >= 4 is 18.0 Å². The Bertz CT molecular complexity index is 1680. The number of nitrogens with zero attached hydrogens (tertiary/aromatic N) is 1. The maximum atomic E-state index is 12.0. The molecule has 11 heteroatoms. The molecule has 6 aliphatic rings. The highest BCUT2D eigenvalue weighted by Gasteiger charge is 2.33. The second-order valence-electron chi connectivity index (χ2n) is 20.2. The van der Waals surface area contributed by atoms with Gasteiger partial charge in [0.1, 0.15) is 28.5 Å². The van der Waals surface area contributed by atoms with Crippen LogP contribution in [0.1, 0.15) is 167 Å². The van der Waals surface area contributed by atoms with Crippen molar-refractivity contribution < 1.29 is 33.3 Å². The van der Waals surface area contributed by atoms with E-state index in [1.165, 1.54) is 62.5 Å². The van der Waals surface area contributed by atoms with E-state index in [9.17, 15) is 14.4 Å². The largest absolute Gasteiger partial charge is 0.490 e. The molecule has 8 rings (SSSR count). The minimum atomic E-state index is -0.464. The van der Waals surface area contributed by atoms with E-state index in [0.29, 0.717) is 42.9 Å². The van der Waals surface area contributed by atoms with Crippen molar-refractivity contribution in [2.75, 3.05) is 26.2 Å². The van der Waals surface area contributed by atoms with Gasteiger partial charge >= 0.3 is 12.2 Å². The minimum Gasteiger partial charge on any atom is -0.490 e. The number of nitrogens with one attached hydrogen (secondary N) is 3. The second kappa shape index (κ2) is 22.0. The number of alkyl carbamates (subject to hydrolysis) is 2. The number of ketones is 1. The molecule has 3 N–H and O–H groups in total. The highest BCUT2D eigenvalue weighted by Crippen LogP contribution is 2.39. The minimum absolute atomic E-state index is 0.0950. The normalized spacial score (nSPS) is 23.3. The van der Waals surface area contributed by atoms with Crippen LogP contribution in [0.15, 0.2) is 48.5 Å². The van der Waals surface area contributed by atoms with Crippen molar-refractivity contribution in [3.8, 4) is 11.5 Å². The predicted octanol–water partition coefficient (Wildman–Crippen LogP) is 9.96. The Balaban J connectivity index is 0.000000169. The highest BCUT2D eigenvalue weighted by atomic mass is 16.6. The fourth-order valence-corrected chi connectivity index (χ4v) is 8.91. The number of carbonyl (C=O) groups excluding carboxylic acids is 3. The summed E-state index contributed by atoms with van der Waals surface area (Å²) >= 11 is 0. The summed E-state index contributed by atoms with van der Waals surface area (Å²) in [4.78, 5) is 37.1. The van der Waals surface area contributed by atoms with Crippen molar-refractivity contribution in [2.24, 2.45) is 0 Å². The van der Waals surface area contributed by atoms with Gasteiger partial charge in [0, 0.05) is 31.0 Å². The summed E-state index contributed by atoms with van der Waals surface area (Å²) in [6.07, 6.45) is 17.1. The molecule has 11 nitrogen and oxygen atoms in total. The molecule has 0 atom stereocenters. The molecule has 6 fully saturated rings. The number of benzene rings is 2. The van der Waals surface area contributed by atoms with Gasteiger partial charge in [0.05, 0.1) is 12.2 Å². The van der Waals surface area contributed by atoms with Crippen molar-refractivity contribution in [3.05, 3.63) is 59.7 Å². The van der Waals surface area contributed by atoms with Crippen molar-refractivity contribution in [3.63, 3.8) is 0 Å². The van der Waals surface area contributed by atoms with Gasteiger partial charge in [-0.2, -0.15) is 0 Å². The highest BCUT2D eigenvalue weighted by molar-refractivity contribution is 5.79. The molecule has 61 heavy (non-hydrogen) atoms. The van der Waals surface area contributed by atoms with E-state index in [0.717, 1.165) is 76.2 Å². The number of Topliss-reactive ketones (excluding diaryl/α,β-unsaturated/α-hetero) is 1. The smallest absolute Gasteiger partial charge is 0.407 e. The zero-order valence-corrected chi connectivity index (χ0v) is 38.1. The molecule has 0 spiro atoms. The van der Waals surface area contributed by atoms with Crippen LogP contribution in [0.5, 0.6) is 11.5 Å². The molecule has 0 aromatic heterocycles. The average Bonchev–Trinajstić information content (AvgIpc) is 4.17. The van der Waals surface area contributed by atoms with Crippen LogP contribution in [0, 0.1) is 0 Å². The quantitative estimate of drug-likeness (QED) is 0.226. The predicted molar refractivity (Wildman–Crippen MR) is 241 cm³/mol. The lowest BCUT2D eigenvalue weighted by Gasteiger charge is -2.41. The molecular formula is C50H76N4O7. The first kappa shape index (κ1) is 46.7. The third-order valence-corrected chi connectivity index (χ3v) is 12.4. The molecule has 2 amide bonds. The summed E-state index contributed by atoms with van der Waals surface area (Å²) in [5.74, 6) is 3.85. The van der Waals surface area contributed by atoms with E-state index in [-0.39, 0.29) is 30.1 Å². The lowest BCUT2D eigenvalue weighted by Crippen LogP contribution is -2.47. The van der Waals surface area contributed by atoms with Gasteiger partial charge in [-0.25, -0.2) is 9.59 Å². The summed E-state index contributed by atoms with van der Waals surface area (Å²) in [5.41, 5.74) is 1.94. The van der Waals surface area contributed by atoms with E-state index in [1.54, 1.807) is 0 Å². The van der Waals surface area contributed by atoms with Crippen LogP contribution in [0.25, 0.3) is 0 Å². The van der Waals surface area contributed by atoms with Gasteiger partial charge in [-0.1, -0.05) is 36.4 Å². The molecule has 2 aromatic rings. The standard InChI is InChI=1S/C25H38N2O3.C14H19NO.C11H19NO3/c1-25(2,3)30-24(28)26-19-8-10-20(11-9-19)27-16-14-18(15-17-27)22-6-4-5-7-23(22)29-21-12-13-21;1-2-4-14(16-12-5-6-12)13(3-1)11-7-9-15-10-8-11;1-11(2,3)15-10(14)12-8-4-6-9(13)7-5-8/h4-7,18-21H,8-17H2,1-3H3,(H,26,28);1-4,11-12,15H,5-10H2;8H,4-7H2,1-3H3,(H,12,14). The summed E-state index contributed by atoms with van der Waals surface area (Å²) in [5, 5.41) is 9.26. The van der Waals surface area contributed by atoms with Crippen LogP contribution in [0.4, 0.5) is 9.59 Å². The van der Waals surface area contributed by atoms with Crippen LogP contribution in [0.3, 0.4) is 0 Å². The number of piperidine rings is 2. The Morgan fingerprint density at radius 1 is 0.574 bits per heavy atom. The Kier molecular flexibility index (Phi) is 16.8. The van der Waals surface area contributed by atoms with Crippen LogP contribution in [0.2, 0.25) is 0 Å². The molecule has 2 aliphatic heterocycles. The van der Waals surface area contributed by atoms with Gasteiger partial charge in [-0.15, -0.1) is 0 Å². The fourth-order valence-electron chi connectivity index (χ4n) is 8.91. The fraction of sp³-hybridized carbons (Fsp3) is 0.700. The molecule has 2 heterocycles. The molecule has 0 bridgehead atoms. The van der Waals surface area contributed by atoms with Gasteiger partial charge in [0.2, 0.25) is 0 Å². The van der Waals surface area contributed by atoms with Crippen molar-refractivity contribution in [2.45, 2.75) is 198 Å². The Morgan fingerprint density at radius 3 is 1.44 bits per heavy atom. The topological polar surface area (TPSA) is 127 Å². The van der Waals surface area contributed by atoms with Gasteiger partial charge in [0.25, 0.3) is 0 Å². The Hall–Kier alpha value is -3.83. The third-order valence-electron chi connectivity index (χ3n) is 12.4. The Labute approximate surface area is 366 Å². The van der Waals surface area contributed by atoms with Crippen molar-refractivity contribution in [1.29, 1.82) is 0 Å². The number of amides is 2. The zero-order valence-electron chi connectivity index (χ0n) is 38.1. The van der Waals surface area contributed by atoms with E-state index >= 15 is 0 Å². The number of likely N-dealkylation sites (tertiary alicyclic amines) is 1. The molecule has 338 valence electrons. The SMILES string of the molecule is CC(C)(C)OC(=O)NC1CCC(=O)CC1.CC(C)(C)OC(=O)NC1CCC(N2CCC(c3ccccc3OC3CC3)CC2)CC1.c1ccc(C2CCNCC2)c(OC2CC2)c1. The molecule has 4 saturated carbocycles. The Morgan fingerprint density at radius 2 is 1.00 bits per heavy atom. The number of carbonyl (C=O) groups is 3. The van der Waals surface area contributed by atoms with E-state index in [2.05, 4.69) is 69.4 Å².